The molecule has 0 bridgehead atoms. The van der Waals surface area contributed by atoms with Crippen LogP contribution in [0.2, 0.25) is 0 Å². The molecule has 0 fully saturated rings. The minimum atomic E-state index is 0.109. The van der Waals surface area contributed by atoms with Crippen molar-refractivity contribution < 1.29 is 9.47 Å². The van der Waals surface area contributed by atoms with Crippen LogP contribution >= 0.6 is 0 Å². The first kappa shape index (κ1) is 18.1. The maximum absolute atomic E-state index is 5.68. The molecule has 1 N–H and O–H groups in total. The van der Waals surface area contributed by atoms with Gasteiger partial charge in [-0.15, -0.1) is 0 Å². The van der Waals surface area contributed by atoms with E-state index in [1.165, 1.54) is 33.3 Å². The van der Waals surface area contributed by atoms with E-state index >= 15 is 0 Å². The van der Waals surface area contributed by atoms with Gasteiger partial charge in [0.05, 0.1) is 6.04 Å². The fraction of sp³-hybridized carbons (Fsp3) is 0.185. The van der Waals surface area contributed by atoms with Gasteiger partial charge >= 0.3 is 0 Å². The molecule has 31 heavy (non-hydrogen) atoms. The van der Waals surface area contributed by atoms with Crippen molar-refractivity contribution in [3.63, 3.8) is 0 Å². The zero-order chi connectivity index (χ0) is 20.6. The largest absolute Gasteiger partial charge is 0.454 e. The lowest BCUT2D eigenvalue weighted by Crippen LogP contribution is -2.32. The molecule has 2 aliphatic rings. The van der Waals surface area contributed by atoms with E-state index in [9.17, 15) is 0 Å². The summed E-state index contributed by atoms with van der Waals surface area (Å²) in [5.41, 5.74) is 6.43. The van der Waals surface area contributed by atoms with Gasteiger partial charge < -0.3 is 19.4 Å². The van der Waals surface area contributed by atoms with E-state index in [-0.39, 0.29) is 6.04 Å². The summed E-state index contributed by atoms with van der Waals surface area (Å²) in [7, 11) is 0. The van der Waals surface area contributed by atoms with Crippen LogP contribution in [0, 0.1) is 0 Å². The second kappa shape index (κ2) is 7.55. The Labute approximate surface area is 181 Å². The van der Waals surface area contributed by atoms with E-state index in [1.54, 1.807) is 0 Å². The van der Waals surface area contributed by atoms with Crippen molar-refractivity contribution in [1.82, 2.24) is 9.88 Å². The first-order chi connectivity index (χ1) is 15.4. The van der Waals surface area contributed by atoms with Crippen molar-refractivity contribution in [3.05, 3.63) is 107 Å². The summed E-state index contributed by atoms with van der Waals surface area (Å²) in [6, 6.07) is 25.6. The SMILES string of the molecule is C(=C\N1CCc2c([nH]c3ccccc23)C1c1ccc2c(c1)OCO2)/Cc1ccccc1. The summed E-state index contributed by atoms with van der Waals surface area (Å²) in [4.78, 5) is 6.17. The maximum Gasteiger partial charge on any atom is 0.231 e. The number of H-pyrrole nitrogens is 1. The van der Waals surface area contributed by atoms with Gasteiger partial charge in [0.15, 0.2) is 11.5 Å². The van der Waals surface area contributed by atoms with Crippen LogP contribution in [0.3, 0.4) is 0 Å². The number of hydrogen-bond acceptors (Lipinski definition) is 3. The maximum atomic E-state index is 5.68. The van der Waals surface area contributed by atoms with Crippen molar-refractivity contribution in [2.75, 3.05) is 13.3 Å². The first-order valence-electron chi connectivity index (χ1n) is 10.8. The fourth-order valence-corrected chi connectivity index (χ4v) is 4.80. The van der Waals surface area contributed by atoms with Crippen LogP contribution in [0.4, 0.5) is 0 Å². The molecule has 0 spiro atoms. The quantitative estimate of drug-likeness (QED) is 0.478. The Kier molecular flexibility index (Phi) is 4.42. The molecule has 4 nitrogen and oxygen atoms in total. The van der Waals surface area contributed by atoms with Gasteiger partial charge in [-0.05, 0) is 53.9 Å². The van der Waals surface area contributed by atoms with Crippen molar-refractivity contribution in [2.24, 2.45) is 0 Å². The molecular formula is C27H24N2O2. The molecule has 0 saturated heterocycles. The number of rotatable bonds is 4. The van der Waals surface area contributed by atoms with Crippen LogP contribution in [0.25, 0.3) is 10.9 Å². The molecule has 0 aliphatic carbocycles. The Morgan fingerprint density at radius 2 is 1.77 bits per heavy atom. The number of allylic oxidation sites excluding steroid dienone is 1. The number of para-hydroxylation sites is 1. The van der Waals surface area contributed by atoms with Crippen molar-refractivity contribution >= 4 is 10.9 Å². The minimum Gasteiger partial charge on any atom is -0.454 e. The number of nitrogens with one attached hydrogen (secondary N) is 1. The molecule has 3 heterocycles. The Balaban J connectivity index is 1.40. The molecule has 154 valence electrons. The average Bonchev–Trinajstić information content (AvgIpc) is 3.43. The number of nitrogens with zero attached hydrogens (tertiary/aromatic N) is 1. The first-order valence-corrected chi connectivity index (χ1v) is 10.8. The lowest BCUT2D eigenvalue weighted by atomic mass is 9.92. The van der Waals surface area contributed by atoms with Gasteiger partial charge in [-0.25, -0.2) is 0 Å². The molecule has 6 rings (SSSR count). The standard InChI is InChI=1S/C27H24N2O2/c1-2-7-19(8-3-1)9-6-15-29-16-14-22-21-10-4-5-11-23(21)28-26(22)27(29)20-12-13-24-25(17-20)31-18-30-24/h1-8,10-13,15,17,27-28H,9,14,16,18H2/b15-6+. The molecule has 1 atom stereocenters. The third kappa shape index (κ3) is 3.25. The van der Waals surface area contributed by atoms with E-state index in [4.69, 9.17) is 9.47 Å². The fourth-order valence-electron chi connectivity index (χ4n) is 4.80. The molecule has 4 aromatic rings. The van der Waals surface area contributed by atoms with Crippen LogP contribution in [-0.2, 0) is 12.8 Å². The number of ether oxygens (including phenoxy) is 2. The number of hydrogen-bond donors (Lipinski definition) is 1. The summed E-state index contributed by atoms with van der Waals surface area (Å²) in [5.74, 6) is 1.65. The van der Waals surface area contributed by atoms with E-state index in [0.717, 1.165) is 30.9 Å². The smallest absolute Gasteiger partial charge is 0.231 e. The number of aromatic nitrogens is 1. The van der Waals surface area contributed by atoms with Crippen LogP contribution in [0.15, 0.2) is 85.1 Å². The third-order valence-corrected chi connectivity index (χ3v) is 6.28. The predicted octanol–water partition coefficient (Wildman–Crippen LogP) is 5.60. The molecule has 0 radical (unpaired) electrons. The summed E-state index contributed by atoms with van der Waals surface area (Å²) < 4.78 is 11.2. The lowest BCUT2D eigenvalue weighted by Gasteiger charge is -2.35. The van der Waals surface area contributed by atoms with Crippen LogP contribution in [0.5, 0.6) is 11.5 Å². The summed E-state index contributed by atoms with van der Waals surface area (Å²) in [6.45, 7) is 1.26. The highest BCUT2D eigenvalue weighted by molar-refractivity contribution is 5.85. The normalized spacial score (nSPS) is 17.4. The second-order valence-electron chi connectivity index (χ2n) is 8.14. The number of aromatic amines is 1. The molecule has 0 amide bonds. The van der Waals surface area contributed by atoms with Gasteiger partial charge in [0.25, 0.3) is 0 Å². The van der Waals surface area contributed by atoms with Crippen molar-refractivity contribution in [2.45, 2.75) is 18.9 Å². The Morgan fingerprint density at radius 3 is 2.71 bits per heavy atom. The van der Waals surface area contributed by atoms with Crippen LogP contribution in [0.1, 0.15) is 28.4 Å². The summed E-state index contributed by atoms with van der Waals surface area (Å²) >= 11 is 0. The highest BCUT2D eigenvalue weighted by Crippen LogP contribution is 2.42. The van der Waals surface area contributed by atoms with Gasteiger partial charge in [0.1, 0.15) is 0 Å². The van der Waals surface area contributed by atoms with Gasteiger partial charge in [-0.3, -0.25) is 0 Å². The van der Waals surface area contributed by atoms with Gasteiger partial charge in [0, 0.05) is 23.1 Å². The van der Waals surface area contributed by atoms with E-state index in [1.807, 2.05) is 6.07 Å². The topological polar surface area (TPSA) is 37.5 Å². The lowest BCUT2D eigenvalue weighted by molar-refractivity contribution is 0.174. The monoisotopic (exact) mass is 408 g/mol. The van der Waals surface area contributed by atoms with Crippen LogP contribution in [-0.4, -0.2) is 23.2 Å². The minimum absolute atomic E-state index is 0.109. The van der Waals surface area contributed by atoms with Crippen molar-refractivity contribution in [1.29, 1.82) is 0 Å². The number of benzene rings is 3. The Bertz CT molecular complexity index is 1260. The Hall–Kier alpha value is -3.66. The molecule has 1 unspecified atom stereocenters. The van der Waals surface area contributed by atoms with Gasteiger partial charge in [-0.2, -0.15) is 0 Å². The third-order valence-electron chi connectivity index (χ3n) is 6.28. The molecule has 2 aliphatic heterocycles. The number of fused-ring (bicyclic) bond motifs is 4. The van der Waals surface area contributed by atoms with E-state index in [2.05, 4.69) is 88.9 Å². The molecule has 3 aromatic carbocycles. The highest BCUT2D eigenvalue weighted by Gasteiger charge is 2.31. The zero-order valence-corrected chi connectivity index (χ0v) is 17.3. The zero-order valence-electron chi connectivity index (χ0n) is 17.3. The van der Waals surface area contributed by atoms with Gasteiger partial charge in [0.2, 0.25) is 6.79 Å². The second-order valence-corrected chi connectivity index (χ2v) is 8.14. The molecule has 0 saturated carbocycles. The van der Waals surface area contributed by atoms with Gasteiger partial charge in [-0.1, -0.05) is 60.7 Å². The summed E-state index contributed by atoms with van der Waals surface area (Å²) in [5, 5.41) is 1.33. The molecular weight excluding hydrogens is 384 g/mol. The van der Waals surface area contributed by atoms with Crippen LogP contribution < -0.4 is 9.47 Å². The Morgan fingerprint density at radius 1 is 0.935 bits per heavy atom. The molecule has 1 aromatic heterocycles. The predicted molar refractivity (Wildman–Crippen MR) is 122 cm³/mol. The van der Waals surface area contributed by atoms with Crippen molar-refractivity contribution in [3.8, 4) is 11.5 Å². The van der Waals surface area contributed by atoms with E-state index in [0.29, 0.717) is 6.79 Å². The van der Waals surface area contributed by atoms with E-state index < -0.39 is 0 Å². The highest BCUT2D eigenvalue weighted by atomic mass is 16.7. The molecule has 4 heteroatoms. The summed E-state index contributed by atoms with van der Waals surface area (Å²) in [6.07, 6.45) is 6.47. The average molecular weight is 409 g/mol.